The third kappa shape index (κ3) is 4.05. The SMILES string of the molecule is CCN1CCC(N2CC(Oc3cccc(S(C)(=O)=O)c3)C2)CC1. The van der Waals surface area contributed by atoms with Crippen LogP contribution in [0.25, 0.3) is 0 Å². The Hall–Kier alpha value is -1.11. The molecule has 0 atom stereocenters. The molecule has 1 aromatic carbocycles. The lowest BCUT2D eigenvalue weighted by Crippen LogP contribution is -2.59. The monoisotopic (exact) mass is 338 g/mol. The average molecular weight is 338 g/mol. The van der Waals surface area contributed by atoms with E-state index in [1.54, 1.807) is 18.2 Å². The molecular weight excluding hydrogens is 312 g/mol. The molecule has 0 bridgehead atoms. The molecule has 0 aliphatic carbocycles. The highest BCUT2D eigenvalue weighted by Crippen LogP contribution is 2.25. The van der Waals surface area contributed by atoms with Crippen LogP contribution in [0.1, 0.15) is 19.8 Å². The number of rotatable bonds is 5. The summed E-state index contributed by atoms with van der Waals surface area (Å²) in [6.07, 6.45) is 3.88. The number of ether oxygens (including phenoxy) is 1. The summed E-state index contributed by atoms with van der Waals surface area (Å²) >= 11 is 0. The van der Waals surface area contributed by atoms with Crippen LogP contribution >= 0.6 is 0 Å². The van der Waals surface area contributed by atoms with Crippen LogP contribution < -0.4 is 4.74 Å². The van der Waals surface area contributed by atoms with Crippen molar-refractivity contribution in [2.45, 2.75) is 36.8 Å². The van der Waals surface area contributed by atoms with Crippen LogP contribution in [0.2, 0.25) is 0 Å². The van der Waals surface area contributed by atoms with Crippen LogP contribution in [-0.4, -0.2) is 69.3 Å². The Morgan fingerprint density at radius 3 is 2.52 bits per heavy atom. The second kappa shape index (κ2) is 6.79. The number of sulfone groups is 1. The van der Waals surface area contributed by atoms with Crippen molar-refractivity contribution in [1.29, 1.82) is 0 Å². The van der Waals surface area contributed by atoms with Gasteiger partial charge in [-0.2, -0.15) is 0 Å². The molecule has 2 fully saturated rings. The Balaban J connectivity index is 1.49. The molecule has 0 N–H and O–H groups in total. The van der Waals surface area contributed by atoms with Crippen molar-refractivity contribution in [3.8, 4) is 5.75 Å². The van der Waals surface area contributed by atoms with E-state index < -0.39 is 9.84 Å². The van der Waals surface area contributed by atoms with Gasteiger partial charge in [-0.1, -0.05) is 13.0 Å². The first-order valence-corrected chi connectivity index (χ1v) is 10.3. The largest absolute Gasteiger partial charge is 0.488 e. The minimum atomic E-state index is -3.18. The van der Waals surface area contributed by atoms with Gasteiger partial charge in [-0.15, -0.1) is 0 Å². The smallest absolute Gasteiger partial charge is 0.175 e. The van der Waals surface area contributed by atoms with Crippen LogP contribution in [0.5, 0.6) is 5.75 Å². The van der Waals surface area contributed by atoms with E-state index in [0.717, 1.165) is 19.6 Å². The summed E-state index contributed by atoms with van der Waals surface area (Å²) < 4.78 is 29.1. The lowest BCUT2D eigenvalue weighted by molar-refractivity contribution is -0.0262. The zero-order chi connectivity index (χ0) is 16.4. The number of benzene rings is 1. The topological polar surface area (TPSA) is 49.9 Å². The van der Waals surface area contributed by atoms with Crippen LogP contribution in [0.15, 0.2) is 29.2 Å². The Labute approximate surface area is 139 Å². The Kier molecular flexibility index (Phi) is 4.94. The summed E-state index contributed by atoms with van der Waals surface area (Å²) in [5, 5.41) is 0. The molecule has 0 unspecified atom stereocenters. The summed E-state index contributed by atoms with van der Waals surface area (Å²) in [5.41, 5.74) is 0. The van der Waals surface area contributed by atoms with E-state index in [2.05, 4.69) is 16.7 Å². The van der Waals surface area contributed by atoms with Crippen molar-refractivity contribution in [1.82, 2.24) is 9.80 Å². The zero-order valence-corrected chi connectivity index (χ0v) is 14.8. The number of likely N-dealkylation sites (tertiary alicyclic amines) is 2. The normalized spacial score (nSPS) is 22.0. The molecular formula is C17H26N2O3S. The second-order valence-corrected chi connectivity index (χ2v) is 8.62. The highest BCUT2D eigenvalue weighted by molar-refractivity contribution is 7.90. The maximum Gasteiger partial charge on any atom is 0.175 e. The lowest BCUT2D eigenvalue weighted by atomic mass is 9.98. The molecule has 5 nitrogen and oxygen atoms in total. The highest BCUT2D eigenvalue weighted by Gasteiger charge is 2.35. The van der Waals surface area contributed by atoms with Gasteiger partial charge in [0.1, 0.15) is 11.9 Å². The van der Waals surface area contributed by atoms with Gasteiger partial charge >= 0.3 is 0 Å². The van der Waals surface area contributed by atoms with Gasteiger partial charge in [0.25, 0.3) is 0 Å². The molecule has 0 amide bonds. The summed E-state index contributed by atoms with van der Waals surface area (Å²) in [5.74, 6) is 0.651. The van der Waals surface area contributed by atoms with Gasteiger partial charge in [0, 0.05) is 25.4 Å². The van der Waals surface area contributed by atoms with Crippen LogP contribution in [0.4, 0.5) is 0 Å². The van der Waals surface area contributed by atoms with Gasteiger partial charge in [-0.3, -0.25) is 4.90 Å². The highest BCUT2D eigenvalue weighted by atomic mass is 32.2. The van der Waals surface area contributed by atoms with E-state index in [1.165, 1.54) is 32.2 Å². The number of piperidine rings is 1. The predicted octanol–water partition coefficient (Wildman–Crippen LogP) is 1.64. The van der Waals surface area contributed by atoms with Crippen molar-refractivity contribution in [2.75, 3.05) is 39.0 Å². The van der Waals surface area contributed by atoms with Gasteiger partial charge in [0.15, 0.2) is 9.84 Å². The fourth-order valence-electron chi connectivity index (χ4n) is 3.41. The van der Waals surface area contributed by atoms with E-state index in [-0.39, 0.29) is 6.10 Å². The van der Waals surface area contributed by atoms with E-state index in [9.17, 15) is 8.42 Å². The van der Waals surface area contributed by atoms with Crippen molar-refractivity contribution >= 4 is 9.84 Å². The summed E-state index contributed by atoms with van der Waals surface area (Å²) in [6, 6.07) is 7.48. The number of hydrogen-bond acceptors (Lipinski definition) is 5. The molecule has 0 saturated carbocycles. The third-order valence-electron chi connectivity index (χ3n) is 4.93. The van der Waals surface area contributed by atoms with Gasteiger partial charge in [0.2, 0.25) is 0 Å². The van der Waals surface area contributed by atoms with Gasteiger partial charge in [-0.05, 0) is 50.7 Å². The van der Waals surface area contributed by atoms with Crippen molar-refractivity contribution in [2.24, 2.45) is 0 Å². The first-order chi connectivity index (χ1) is 11.0. The molecule has 2 saturated heterocycles. The number of hydrogen-bond donors (Lipinski definition) is 0. The molecule has 2 heterocycles. The summed E-state index contributed by atoms with van der Waals surface area (Å²) in [7, 11) is -3.18. The molecule has 3 rings (SSSR count). The van der Waals surface area contributed by atoms with Crippen LogP contribution in [-0.2, 0) is 9.84 Å². The maximum atomic E-state index is 11.6. The molecule has 128 valence electrons. The van der Waals surface area contributed by atoms with Gasteiger partial charge < -0.3 is 9.64 Å². The van der Waals surface area contributed by atoms with E-state index in [1.807, 2.05) is 6.07 Å². The molecule has 2 aliphatic rings. The van der Waals surface area contributed by atoms with Crippen molar-refractivity contribution in [3.05, 3.63) is 24.3 Å². The van der Waals surface area contributed by atoms with E-state index in [4.69, 9.17) is 4.74 Å². The minimum absolute atomic E-state index is 0.175. The van der Waals surface area contributed by atoms with Crippen LogP contribution in [0.3, 0.4) is 0 Å². The third-order valence-corrected chi connectivity index (χ3v) is 6.04. The van der Waals surface area contributed by atoms with E-state index in [0.29, 0.717) is 16.7 Å². The fraction of sp³-hybridized carbons (Fsp3) is 0.647. The number of nitrogens with zero attached hydrogens (tertiary/aromatic N) is 2. The second-order valence-electron chi connectivity index (χ2n) is 6.61. The summed E-state index contributed by atoms with van der Waals surface area (Å²) in [6.45, 7) is 7.65. The Morgan fingerprint density at radius 1 is 1.22 bits per heavy atom. The summed E-state index contributed by atoms with van der Waals surface area (Å²) in [4.78, 5) is 5.32. The molecule has 2 aliphatic heterocycles. The quantitative estimate of drug-likeness (QED) is 0.817. The molecule has 6 heteroatoms. The van der Waals surface area contributed by atoms with Gasteiger partial charge in [-0.25, -0.2) is 8.42 Å². The van der Waals surface area contributed by atoms with Crippen LogP contribution in [0, 0.1) is 0 Å². The lowest BCUT2D eigenvalue weighted by Gasteiger charge is -2.46. The maximum absolute atomic E-state index is 11.6. The molecule has 0 radical (unpaired) electrons. The van der Waals surface area contributed by atoms with Crippen molar-refractivity contribution in [3.63, 3.8) is 0 Å². The minimum Gasteiger partial charge on any atom is -0.488 e. The molecule has 23 heavy (non-hydrogen) atoms. The average Bonchev–Trinajstić information content (AvgIpc) is 2.50. The molecule has 1 aromatic rings. The Bertz CT molecular complexity index is 633. The van der Waals surface area contributed by atoms with Gasteiger partial charge in [0.05, 0.1) is 4.90 Å². The van der Waals surface area contributed by atoms with Crippen molar-refractivity contribution < 1.29 is 13.2 Å². The first-order valence-electron chi connectivity index (χ1n) is 8.39. The van der Waals surface area contributed by atoms with E-state index >= 15 is 0 Å². The molecule has 0 spiro atoms. The fourth-order valence-corrected chi connectivity index (χ4v) is 4.07. The Morgan fingerprint density at radius 2 is 1.91 bits per heavy atom. The molecule has 0 aromatic heterocycles. The zero-order valence-electron chi connectivity index (χ0n) is 13.9. The standard InChI is InChI=1S/C17H26N2O3S/c1-3-18-9-7-14(8-10-18)19-12-16(13-19)22-15-5-4-6-17(11-15)23(2,20)21/h4-6,11,14,16H,3,7-10,12-13H2,1-2H3. The predicted molar refractivity (Wildman–Crippen MR) is 90.7 cm³/mol. The first kappa shape index (κ1) is 16.7.